The molecule has 0 unspecified atom stereocenters. The summed E-state index contributed by atoms with van der Waals surface area (Å²) in [5.74, 6) is 0. The summed E-state index contributed by atoms with van der Waals surface area (Å²) in [7, 11) is 0. The number of amides is 4. The van der Waals surface area contributed by atoms with Crippen molar-refractivity contribution in [2.24, 2.45) is 11.5 Å². The molecule has 1 aromatic rings. The van der Waals surface area contributed by atoms with Crippen molar-refractivity contribution in [2.45, 2.75) is 20.8 Å². The number of aryl methyl sites for hydroxylation is 2. The highest BCUT2D eigenvalue weighted by atomic mass is 16.2. The fourth-order valence-electron chi connectivity index (χ4n) is 1.02. The fourth-order valence-corrected chi connectivity index (χ4v) is 1.02. The monoisotopic (exact) mass is 223 g/mol. The molecule has 16 heavy (non-hydrogen) atoms. The van der Waals surface area contributed by atoms with Crippen LogP contribution in [0.5, 0.6) is 0 Å². The molecular weight excluding hydrogens is 206 g/mol. The summed E-state index contributed by atoms with van der Waals surface area (Å²) in [6.45, 7) is 6.44. The van der Waals surface area contributed by atoms with Gasteiger partial charge in [0.05, 0.1) is 0 Å². The van der Waals surface area contributed by atoms with Gasteiger partial charge in [-0.15, -0.1) is 0 Å². The molecule has 0 saturated carbocycles. The van der Waals surface area contributed by atoms with E-state index in [0.29, 0.717) is 0 Å². The van der Waals surface area contributed by atoms with Crippen LogP contribution in [0.25, 0.3) is 0 Å². The molecule has 0 aromatic heterocycles. The first-order valence-corrected chi connectivity index (χ1v) is 4.73. The van der Waals surface area contributed by atoms with Gasteiger partial charge in [-0.05, 0) is 37.5 Å². The quantitative estimate of drug-likeness (QED) is 0.618. The summed E-state index contributed by atoms with van der Waals surface area (Å²) in [5.41, 5.74) is 13.1. The summed E-state index contributed by atoms with van der Waals surface area (Å²) >= 11 is 0. The predicted molar refractivity (Wildman–Crippen MR) is 63.0 cm³/mol. The topological polar surface area (TPSA) is 98.2 Å². The molecule has 5 N–H and O–H groups in total. The first-order valence-electron chi connectivity index (χ1n) is 4.73. The largest absolute Gasteiger partial charge is 0.351 e. The number of carbonyl (C=O) groups is 2. The number of hydrogen-bond donors (Lipinski definition) is 3. The van der Waals surface area contributed by atoms with Crippen LogP contribution in [-0.4, -0.2) is 12.1 Å². The van der Waals surface area contributed by atoms with E-state index in [-0.39, 0.29) is 0 Å². The number of benzene rings is 1. The van der Waals surface area contributed by atoms with E-state index in [1.54, 1.807) is 5.32 Å². The molecule has 88 valence electrons. The average molecular weight is 223 g/mol. The Morgan fingerprint density at radius 3 is 1.56 bits per heavy atom. The van der Waals surface area contributed by atoms with Crippen LogP contribution in [0.1, 0.15) is 16.7 Å². The molecule has 0 aliphatic carbocycles. The highest BCUT2D eigenvalue weighted by molar-refractivity contribution is 5.91. The molecule has 0 saturated heterocycles. The standard InChI is InChI=1S/C9H12.C2H5N3O2/c1-7-5-4-6-8(2)9(7)3;3-1(6)5-2(4)7/h4-6H,1-3H3;(H5,3,4,5,6,7). The van der Waals surface area contributed by atoms with Crippen LogP contribution >= 0.6 is 0 Å². The van der Waals surface area contributed by atoms with Gasteiger partial charge in [0, 0.05) is 0 Å². The molecule has 0 atom stereocenters. The molecule has 0 aliphatic heterocycles. The average Bonchev–Trinajstić information content (AvgIpc) is 2.12. The summed E-state index contributed by atoms with van der Waals surface area (Å²) < 4.78 is 0. The number of nitrogens with one attached hydrogen (secondary N) is 1. The number of rotatable bonds is 0. The first-order chi connectivity index (χ1) is 7.34. The Kier molecular flexibility index (Phi) is 5.62. The third-order valence-corrected chi connectivity index (χ3v) is 2.12. The van der Waals surface area contributed by atoms with Gasteiger partial charge in [-0.25, -0.2) is 9.59 Å². The number of carbonyl (C=O) groups excluding carboxylic acids is 2. The van der Waals surface area contributed by atoms with Crippen molar-refractivity contribution in [3.05, 3.63) is 34.9 Å². The Labute approximate surface area is 94.8 Å². The molecule has 4 amide bonds. The van der Waals surface area contributed by atoms with Gasteiger partial charge < -0.3 is 11.5 Å². The van der Waals surface area contributed by atoms with E-state index in [4.69, 9.17) is 0 Å². The molecule has 0 heterocycles. The Bertz CT molecular complexity index is 357. The van der Waals surface area contributed by atoms with Gasteiger partial charge in [0.15, 0.2) is 0 Å². The van der Waals surface area contributed by atoms with Crippen LogP contribution in [-0.2, 0) is 0 Å². The zero-order chi connectivity index (χ0) is 12.7. The normalized spacial score (nSPS) is 8.69. The van der Waals surface area contributed by atoms with Gasteiger partial charge in [-0.1, -0.05) is 18.2 Å². The summed E-state index contributed by atoms with van der Waals surface area (Å²) in [5, 5.41) is 1.58. The predicted octanol–water partition coefficient (Wildman–Crippen LogP) is 1.35. The van der Waals surface area contributed by atoms with Gasteiger partial charge in [0.25, 0.3) is 0 Å². The number of nitrogens with two attached hydrogens (primary N) is 2. The van der Waals surface area contributed by atoms with Crippen LogP contribution in [0, 0.1) is 20.8 Å². The van der Waals surface area contributed by atoms with E-state index in [2.05, 4.69) is 50.4 Å². The Morgan fingerprint density at radius 1 is 1.00 bits per heavy atom. The molecule has 5 heteroatoms. The highest BCUT2D eigenvalue weighted by Gasteiger charge is 1.92. The van der Waals surface area contributed by atoms with E-state index in [0.717, 1.165) is 0 Å². The van der Waals surface area contributed by atoms with Crippen molar-refractivity contribution in [2.75, 3.05) is 0 Å². The maximum Gasteiger partial charge on any atom is 0.320 e. The van der Waals surface area contributed by atoms with Crippen LogP contribution in [0.4, 0.5) is 9.59 Å². The Balaban J connectivity index is 0.000000293. The van der Waals surface area contributed by atoms with Gasteiger partial charge >= 0.3 is 12.1 Å². The van der Waals surface area contributed by atoms with Crippen molar-refractivity contribution in [1.82, 2.24) is 5.32 Å². The summed E-state index contributed by atoms with van der Waals surface area (Å²) in [6, 6.07) is 4.50. The minimum absolute atomic E-state index is 0.937. The molecule has 0 radical (unpaired) electrons. The van der Waals surface area contributed by atoms with Crippen LogP contribution < -0.4 is 16.8 Å². The van der Waals surface area contributed by atoms with Crippen LogP contribution in [0.15, 0.2) is 18.2 Å². The van der Waals surface area contributed by atoms with E-state index in [9.17, 15) is 9.59 Å². The molecule has 0 spiro atoms. The van der Waals surface area contributed by atoms with Crippen molar-refractivity contribution in [3.8, 4) is 0 Å². The smallest absolute Gasteiger partial charge is 0.320 e. The third-order valence-electron chi connectivity index (χ3n) is 2.12. The Hall–Kier alpha value is -2.04. The Morgan fingerprint density at radius 2 is 1.38 bits per heavy atom. The fraction of sp³-hybridized carbons (Fsp3) is 0.273. The van der Waals surface area contributed by atoms with Crippen LogP contribution in [0.2, 0.25) is 0 Å². The zero-order valence-electron chi connectivity index (χ0n) is 9.70. The second-order valence-corrected chi connectivity index (χ2v) is 3.37. The van der Waals surface area contributed by atoms with Gasteiger partial charge in [-0.2, -0.15) is 0 Å². The van der Waals surface area contributed by atoms with E-state index in [1.165, 1.54) is 16.7 Å². The molecule has 1 aromatic carbocycles. The molecule has 0 aliphatic rings. The lowest BCUT2D eigenvalue weighted by Crippen LogP contribution is -2.38. The molecule has 0 fully saturated rings. The first kappa shape index (κ1) is 14.0. The minimum atomic E-state index is -0.938. The summed E-state index contributed by atoms with van der Waals surface area (Å²) in [6.07, 6.45) is 0. The second-order valence-electron chi connectivity index (χ2n) is 3.37. The number of hydrogen-bond acceptors (Lipinski definition) is 2. The lowest BCUT2D eigenvalue weighted by molar-refractivity contribution is 0.236. The SMILES string of the molecule is Cc1cccc(C)c1C.NC(=O)NC(N)=O. The molecule has 5 nitrogen and oxygen atoms in total. The molecular formula is C11H17N3O2. The number of imide groups is 1. The van der Waals surface area contributed by atoms with Crippen molar-refractivity contribution in [1.29, 1.82) is 0 Å². The molecule has 1 rings (SSSR count). The van der Waals surface area contributed by atoms with Gasteiger partial charge in [0.2, 0.25) is 0 Å². The van der Waals surface area contributed by atoms with E-state index in [1.807, 2.05) is 0 Å². The number of primary amides is 2. The summed E-state index contributed by atoms with van der Waals surface area (Å²) in [4.78, 5) is 19.2. The zero-order valence-corrected chi connectivity index (χ0v) is 9.70. The lowest BCUT2D eigenvalue weighted by Gasteiger charge is -2.00. The van der Waals surface area contributed by atoms with E-state index >= 15 is 0 Å². The minimum Gasteiger partial charge on any atom is -0.351 e. The van der Waals surface area contributed by atoms with Crippen molar-refractivity contribution in [3.63, 3.8) is 0 Å². The van der Waals surface area contributed by atoms with Crippen molar-refractivity contribution >= 4 is 12.1 Å². The molecule has 0 bridgehead atoms. The maximum atomic E-state index is 9.62. The van der Waals surface area contributed by atoms with E-state index < -0.39 is 12.1 Å². The van der Waals surface area contributed by atoms with Gasteiger partial charge in [-0.3, -0.25) is 5.32 Å². The highest BCUT2D eigenvalue weighted by Crippen LogP contribution is 2.09. The lowest BCUT2D eigenvalue weighted by atomic mass is 10.1. The maximum absolute atomic E-state index is 9.62. The second kappa shape index (κ2) is 6.44. The van der Waals surface area contributed by atoms with Crippen LogP contribution in [0.3, 0.4) is 0 Å². The third kappa shape index (κ3) is 5.64. The number of urea groups is 2. The van der Waals surface area contributed by atoms with Crippen molar-refractivity contribution < 1.29 is 9.59 Å². The van der Waals surface area contributed by atoms with Gasteiger partial charge in [0.1, 0.15) is 0 Å².